The fourth-order valence-electron chi connectivity index (χ4n) is 1.62. The summed E-state index contributed by atoms with van der Waals surface area (Å²) in [5.74, 6) is 2.18. The minimum absolute atomic E-state index is 0.538. The van der Waals surface area contributed by atoms with E-state index in [2.05, 4.69) is 12.2 Å². The Morgan fingerprint density at radius 1 is 1.29 bits per heavy atom. The lowest BCUT2D eigenvalue weighted by molar-refractivity contribution is 0.404. The second-order valence-electron chi connectivity index (χ2n) is 4.13. The summed E-state index contributed by atoms with van der Waals surface area (Å²) < 4.78 is 10.5. The van der Waals surface area contributed by atoms with Crippen molar-refractivity contribution in [2.45, 2.75) is 13.3 Å². The zero-order valence-electron chi connectivity index (χ0n) is 10.8. The Balaban J connectivity index is 2.67. The molecule has 0 spiro atoms. The van der Waals surface area contributed by atoms with E-state index in [4.69, 9.17) is 15.2 Å². The van der Waals surface area contributed by atoms with Crippen LogP contribution in [0.5, 0.6) is 11.5 Å². The molecule has 0 aliphatic heterocycles. The molecule has 0 heterocycles. The number of ether oxygens (including phenoxy) is 2. The molecule has 0 bridgehead atoms. The Morgan fingerprint density at radius 3 is 2.65 bits per heavy atom. The molecule has 4 heteroatoms. The summed E-state index contributed by atoms with van der Waals surface area (Å²) in [6, 6.07) is 5.72. The lowest BCUT2D eigenvalue weighted by Gasteiger charge is -2.15. The number of rotatable bonds is 7. The third-order valence-corrected chi connectivity index (χ3v) is 2.71. The molecule has 17 heavy (non-hydrogen) atoms. The molecule has 1 rings (SSSR count). The number of nitrogens with one attached hydrogen (secondary N) is 1. The van der Waals surface area contributed by atoms with Gasteiger partial charge in [-0.2, -0.15) is 0 Å². The highest BCUT2D eigenvalue weighted by atomic mass is 16.5. The number of anilines is 1. The van der Waals surface area contributed by atoms with Gasteiger partial charge in [0.25, 0.3) is 0 Å². The Kier molecular flexibility index (Phi) is 5.63. The molecule has 0 radical (unpaired) electrons. The van der Waals surface area contributed by atoms with E-state index in [9.17, 15) is 0 Å². The summed E-state index contributed by atoms with van der Waals surface area (Å²) in [4.78, 5) is 0. The minimum Gasteiger partial charge on any atom is -0.497 e. The molecule has 0 aliphatic rings. The fourth-order valence-corrected chi connectivity index (χ4v) is 1.62. The van der Waals surface area contributed by atoms with Gasteiger partial charge >= 0.3 is 0 Å². The Hall–Kier alpha value is -1.42. The number of benzene rings is 1. The molecule has 1 aromatic rings. The highest BCUT2D eigenvalue weighted by molar-refractivity contribution is 5.59. The third-order valence-electron chi connectivity index (χ3n) is 2.71. The molecule has 1 aromatic carbocycles. The molecule has 4 nitrogen and oxygen atoms in total. The average molecular weight is 238 g/mol. The number of nitrogens with two attached hydrogens (primary N) is 1. The van der Waals surface area contributed by atoms with Crippen LogP contribution in [0.25, 0.3) is 0 Å². The van der Waals surface area contributed by atoms with Gasteiger partial charge in [0.2, 0.25) is 0 Å². The van der Waals surface area contributed by atoms with Crippen molar-refractivity contribution < 1.29 is 9.47 Å². The lowest BCUT2D eigenvalue weighted by Crippen LogP contribution is -2.15. The van der Waals surface area contributed by atoms with Gasteiger partial charge in [-0.25, -0.2) is 0 Å². The molecular formula is C13H22N2O2. The van der Waals surface area contributed by atoms with E-state index in [1.807, 2.05) is 18.2 Å². The quantitative estimate of drug-likeness (QED) is 0.764. The zero-order chi connectivity index (χ0) is 12.7. The van der Waals surface area contributed by atoms with E-state index in [0.29, 0.717) is 5.92 Å². The van der Waals surface area contributed by atoms with Crippen molar-refractivity contribution in [2.75, 3.05) is 32.6 Å². The van der Waals surface area contributed by atoms with Gasteiger partial charge in [0.1, 0.15) is 11.5 Å². The first-order chi connectivity index (χ1) is 8.21. The molecule has 0 saturated carbocycles. The van der Waals surface area contributed by atoms with Crippen LogP contribution in [-0.4, -0.2) is 27.3 Å². The van der Waals surface area contributed by atoms with Gasteiger partial charge in [-0.3, -0.25) is 0 Å². The molecule has 0 fully saturated rings. The van der Waals surface area contributed by atoms with Crippen LogP contribution < -0.4 is 20.5 Å². The van der Waals surface area contributed by atoms with Crippen LogP contribution in [0.3, 0.4) is 0 Å². The summed E-state index contributed by atoms with van der Waals surface area (Å²) in [5, 5.41) is 3.36. The summed E-state index contributed by atoms with van der Waals surface area (Å²) >= 11 is 0. The van der Waals surface area contributed by atoms with Crippen molar-refractivity contribution in [2.24, 2.45) is 11.7 Å². The van der Waals surface area contributed by atoms with E-state index in [-0.39, 0.29) is 0 Å². The highest BCUT2D eigenvalue weighted by Gasteiger charge is 2.06. The maximum Gasteiger partial charge on any atom is 0.142 e. The Bertz CT molecular complexity index is 342. The Labute approximate surface area is 103 Å². The second kappa shape index (κ2) is 7.01. The first-order valence-electron chi connectivity index (χ1n) is 5.87. The predicted octanol–water partition coefficient (Wildman–Crippen LogP) is 2.10. The maximum atomic E-state index is 5.53. The van der Waals surface area contributed by atoms with Gasteiger partial charge in [0, 0.05) is 12.6 Å². The van der Waals surface area contributed by atoms with Gasteiger partial charge in [-0.1, -0.05) is 6.92 Å². The Morgan fingerprint density at radius 2 is 2.06 bits per heavy atom. The van der Waals surface area contributed by atoms with Crippen molar-refractivity contribution in [3.63, 3.8) is 0 Å². The summed E-state index contributed by atoms with van der Waals surface area (Å²) in [5.41, 5.74) is 6.48. The van der Waals surface area contributed by atoms with E-state index in [1.54, 1.807) is 14.2 Å². The normalized spacial score (nSPS) is 12.0. The number of hydrogen-bond donors (Lipinski definition) is 2. The highest BCUT2D eigenvalue weighted by Crippen LogP contribution is 2.29. The van der Waals surface area contributed by atoms with Crippen LogP contribution in [0.15, 0.2) is 18.2 Å². The lowest BCUT2D eigenvalue weighted by atomic mass is 10.1. The molecule has 96 valence electrons. The van der Waals surface area contributed by atoms with Crippen molar-refractivity contribution in [3.05, 3.63) is 18.2 Å². The van der Waals surface area contributed by atoms with Crippen LogP contribution in [0, 0.1) is 5.92 Å². The molecule has 0 aromatic heterocycles. The molecular weight excluding hydrogens is 216 g/mol. The van der Waals surface area contributed by atoms with Gasteiger partial charge in [0.05, 0.1) is 19.9 Å². The maximum absolute atomic E-state index is 5.53. The molecule has 0 aliphatic carbocycles. The van der Waals surface area contributed by atoms with E-state index < -0.39 is 0 Å². The van der Waals surface area contributed by atoms with Crippen LogP contribution in [-0.2, 0) is 0 Å². The molecule has 1 atom stereocenters. The summed E-state index contributed by atoms with van der Waals surface area (Å²) in [6.45, 7) is 3.77. The summed E-state index contributed by atoms with van der Waals surface area (Å²) in [6.07, 6.45) is 1.01. The van der Waals surface area contributed by atoms with Crippen molar-refractivity contribution in [3.8, 4) is 11.5 Å². The topological polar surface area (TPSA) is 56.5 Å². The fraction of sp³-hybridized carbons (Fsp3) is 0.538. The molecule has 0 amide bonds. The average Bonchev–Trinajstić information content (AvgIpc) is 2.36. The van der Waals surface area contributed by atoms with Gasteiger partial charge in [-0.05, 0) is 31.0 Å². The van der Waals surface area contributed by atoms with E-state index in [0.717, 1.165) is 36.7 Å². The van der Waals surface area contributed by atoms with Crippen LogP contribution in [0.2, 0.25) is 0 Å². The first-order valence-corrected chi connectivity index (χ1v) is 5.87. The van der Waals surface area contributed by atoms with Crippen LogP contribution in [0.1, 0.15) is 13.3 Å². The smallest absolute Gasteiger partial charge is 0.142 e. The van der Waals surface area contributed by atoms with Crippen molar-refractivity contribution >= 4 is 5.69 Å². The standard InChI is InChI=1S/C13H22N2O2/c1-10(6-7-14)9-15-12-8-11(16-2)4-5-13(12)17-3/h4-5,8,10,15H,6-7,9,14H2,1-3H3. The zero-order valence-corrected chi connectivity index (χ0v) is 10.8. The number of hydrogen-bond acceptors (Lipinski definition) is 4. The van der Waals surface area contributed by atoms with Crippen LogP contribution >= 0.6 is 0 Å². The second-order valence-corrected chi connectivity index (χ2v) is 4.13. The SMILES string of the molecule is COc1ccc(OC)c(NCC(C)CCN)c1. The first kappa shape index (κ1) is 13.6. The van der Waals surface area contributed by atoms with Crippen molar-refractivity contribution in [1.29, 1.82) is 0 Å². The predicted molar refractivity (Wildman–Crippen MR) is 70.9 cm³/mol. The van der Waals surface area contributed by atoms with Gasteiger partial charge < -0.3 is 20.5 Å². The largest absolute Gasteiger partial charge is 0.497 e. The molecule has 3 N–H and O–H groups in total. The molecule has 0 saturated heterocycles. The van der Waals surface area contributed by atoms with E-state index in [1.165, 1.54) is 0 Å². The third kappa shape index (κ3) is 4.15. The van der Waals surface area contributed by atoms with Crippen LogP contribution in [0.4, 0.5) is 5.69 Å². The molecule has 1 unspecified atom stereocenters. The van der Waals surface area contributed by atoms with Crippen molar-refractivity contribution in [1.82, 2.24) is 0 Å². The monoisotopic (exact) mass is 238 g/mol. The summed E-state index contributed by atoms with van der Waals surface area (Å²) in [7, 11) is 3.32. The van der Waals surface area contributed by atoms with E-state index >= 15 is 0 Å². The number of methoxy groups -OCH3 is 2. The van der Waals surface area contributed by atoms with Gasteiger partial charge in [-0.15, -0.1) is 0 Å². The van der Waals surface area contributed by atoms with Gasteiger partial charge in [0.15, 0.2) is 0 Å². The minimum atomic E-state index is 0.538.